The first kappa shape index (κ1) is 6.85. The summed E-state index contributed by atoms with van der Waals surface area (Å²) >= 11 is 4.44. The number of aliphatic hydroxyl groups is 1. The number of rotatable bonds is 2. The smallest absolute Gasteiger partial charge is 0.159 e. The second kappa shape index (κ2) is 2.93. The van der Waals surface area contributed by atoms with Crippen LogP contribution in [0.3, 0.4) is 0 Å². The van der Waals surface area contributed by atoms with Gasteiger partial charge in [-0.15, -0.1) is 6.58 Å². The van der Waals surface area contributed by atoms with Crippen LogP contribution >= 0.6 is 12.2 Å². The molecule has 1 atom stereocenters. The molecule has 0 bridgehead atoms. The first-order valence-corrected chi connectivity index (χ1v) is 3.60. The molecule has 1 unspecified atom stereocenters. The van der Waals surface area contributed by atoms with Crippen LogP contribution in [0.5, 0.6) is 0 Å². The average molecular weight is 132 g/mol. The Balaban J connectivity index is 3.55. The van der Waals surface area contributed by atoms with E-state index in [1.54, 1.807) is 6.08 Å². The van der Waals surface area contributed by atoms with E-state index in [0.717, 1.165) is 10.2 Å². The molecule has 0 aliphatic carbocycles. The molecule has 0 aliphatic rings. The molecule has 0 aliphatic heterocycles. The van der Waals surface area contributed by atoms with Crippen LogP contribution in [0, 0.1) is 0 Å². The standard InChI is InChI=1S/C4H8OSSi/c1-2-3(7)4(5)6/h2-3H,1H2,7H3,(H,5,6). The minimum Gasteiger partial charge on any atom is -0.502 e. The molecule has 1 nitrogen and oxygen atoms in total. The summed E-state index contributed by atoms with van der Waals surface area (Å²) in [4.78, 5) is 0. The van der Waals surface area contributed by atoms with Crippen molar-refractivity contribution >= 4 is 27.5 Å². The molecule has 0 saturated carbocycles. The zero-order valence-corrected chi connectivity index (χ0v) is 7.03. The summed E-state index contributed by atoms with van der Waals surface area (Å²) in [6.45, 7) is 3.47. The van der Waals surface area contributed by atoms with Crippen LogP contribution in [-0.4, -0.2) is 20.4 Å². The van der Waals surface area contributed by atoms with E-state index in [9.17, 15) is 0 Å². The largest absolute Gasteiger partial charge is 0.502 e. The third kappa shape index (κ3) is 2.53. The maximum absolute atomic E-state index is 8.52. The summed E-state index contributed by atoms with van der Waals surface area (Å²) in [7, 11) is 0.865. The summed E-state index contributed by atoms with van der Waals surface area (Å²) in [5.41, 5.74) is 0.0926. The Hall–Kier alpha value is -0.153. The number of hydrogen-bond donors (Lipinski definition) is 1. The number of hydrogen-bond acceptors (Lipinski definition) is 1. The Bertz CT molecular complexity index is 91.7. The van der Waals surface area contributed by atoms with E-state index in [1.807, 2.05) is 0 Å². The highest BCUT2D eigenvalue weighted by molar-refractivity contribution is 7.80. The molecule has 0 amide bonds. The molecule has 0 aromatic rings. The van der Waals surface area contributed by atoms with E-state index < -0.39 is 0 Å². The van der Waals surface area contributed by atoms with Crippen LogP contribution in [0.4, 0.5) is 0 Å². The zero-order valence-electron chi connectivity index (χ0n) is 4.22. The van der Waals surface area contributed by atoms with Gasteiger partial charge >= 0.3 is 0 Å². The Labute approximate surface area is 51.5 Å². The van der Waals surface area contributed by atoms with Crippen LogP contribution in [0.1, 0.15) is 0 Å². The summed E-state index contributed by atoms with van der Waals surface area (Å²) in [5.74, 6) is 0. The third-order valence-corrected chi connectivity index (χ3v) is 2.55. The molecule has 0 aromatic carbocycles. The zero-order chi connectivity index (χ0) is 5.86. The van der Waals surface area contributed by atoms with Crippen molar-refractivity contribution in [3.8, 4) is 0 Å². The molecule has 0 saturated heterocycles. The summed E-state index contributed by atoms with van der Waals surface area (Å²) < 4.78 is 0. The quantitative estimate of drug-likeness (QED) is 0.329. The van der Waals surface area contributed by atoms with Crippen molar-refractivity contribution in [2.24, 2.45) is 0 Å². The lowest BCUT2D eigenvalue weighted by Gasteiger charge is -1.96. The second-order valence-electron chi connectivity index (χ2n) is 1.36. The minimum atomic E-state index is 0.0710. The van der Waals surface area contributed by atoms with Crippen molar-refractivity contribution in [1.82, 2.24) is 0 Å². The van der Waals surface area contributed by atoms with E-state index in [1.165, 1.54) is 0 Å². The van der Waals surface area contributed by atoms with Gasteiger partial charge in [0.15, 0.2) is 5.05 Å². The van der Waals surface area contributed by atoms with Crippen molar-refractivity contribution in [1.29, 1.82) is 0 Å². The molecule has 0 aromatic heterocycles. The maximum atomic E-state index is 8.52. The Kier molecular flexibility index (Phi) is 2.87. The first-order valence-electron chi connectivity index (χ1n) is 2.04. The van der Waals surface area contributed by atoms with Crippen molar-refractivity contribution in [3.05, 3.63) is 12.7 Å². The molecular formula is C4H8OSSi. The van der Waals surface area contributed by atoms with Gasteiger partial charge in [0, 0.05) is 15.8 Å². The molecule has 3 heteroatoms. The second-order valence-corrected chi connectivity index (χ2v) is 3.02. The number of aliphatic hydroxyl groups excluding tert-OH is 1. The van der Waals surface area contributed by atoms with Crippen LogP contribution in [0.25, 0.3) is 0 Å². The molecule has 40 valence electrons. The summed E-state index contributed by atoms with van der Waals surface area (Å²) in [6.07, 6.45) is 1.66. The van der Waals surface area contributed by atoms with Crippen LogP contribution in [0.2, 0.25) is 5.54 Å². The van der Waals surface area contributed by atoms with E-state index >= 15 is 0 Å². The van der Waals surface area contributed by atoms with Gasteiger partial charge in [0.05, 0.1) is 0 Å². The van der Waals surface area contributed by atoms with Gasteiger partial charge in [-0.2, -0.15) is 0 Å². The molecule has 0 radical (unpaired) electrons. The molecule has 7 heavy (non-hydrogen) atoms. The molecule has 1 N–H and O–H groups in total. The van der Waals surface area contributed by atoms with Gasteiger partial charge in [-0.1, -0.05) is 6.08 Å². The normalized spacial score (nSPS) is 13.1. The monoisotopic (exact) mass is 132 g/mol. The lowest BCUT2D eigenvalue weighted by Crippen LogP contribution is -1.99. The summed E-state index contributed by atoms with van der Waals surface area (Å²) in [5, 5.41) is 8.59. The Morgan fingerprint density at radius 1 is 2.00 bits per heavy atom. The fourth-order valence-electron chi connectivity index (χ4n) is 0.101. The van der Waals surface area contributed by atoms with Crippen molar-refractivity contribution in [2.45, 2.75) is 5.54 Å². The van der Waals surface area contributed by atoms with Gasteiger partial charge in [0.2, 0.25) is 0 Å². The highest BCUT2D eigenvalue weighted by atomic mass is 32.1. The predicted molar refractivity (Wildman–Crippen MR) is 39.1 cm³/mol. The summed E-state index contributed by atoms with van der Waals surface area (Å²) in [6, 6.07) is 0. The van der Waals surface area contributed by atoms with Crippen molar-refractivity contribution in [3.63, 3.8) is 0 Å². The van der Waals surface area contributed by atoms with Crippen molar-refractivity contribution < 1.29 is 5.11 Å². The van der Waals surface area contributed by atoms with Gasteiger partial charge in [0.25, 0.3) is 0 Å². The average Bonchev–Trinajstić information content (AvgIpc) is 1.65. The molecule has 0 fully saturated rings. The number of thiocarbonyl (C=S) groups is 1. The van der Waals surface area contributed by atoms with Gasteiger partial charge in [0.1, 0.15) is 0 Å². The third-order valence-electron chi connectivity index (χ3n) is 0.743. The Morgan fingerprint density at radius 2 is 2.43 bits per heavy atom. The van der Waals surface area contributed by atoms with Crippen LogP contribution in [0.15, 0.2) is 12.7 Å². The highest BCUT2D eigenvalue weighted by Gasteiger charge is 1.97. The first-order chi connectivity index (χ1) is 3.18. The van der Waals surface area contributed by atoms with Gasteiger partial charge in [-0.3, -0.25) is 0 Å². The van der Waals surface area contributed by atoms with Gasteiger partial charge < -0.3 is 5.11 Å². The fourth-order valence-corrected chi connectivity index (χ4v) is 0.197. The predicted octanol–water partition coefficient (Wildman–Crippen LogP) is 0.212. The fraction of sp³-hybridized carbons (Fsp3) is 0.250. The minimum absolute atomic E-state index is 0.0710. The molecule has 0 heterocycles. The van der Waals surface area contributed by atoms with Crippen molar-refractivity contribution in [2.75, 3.05) is 0 Å². The molecule has 0 rings (SSSR count). The maximum Gasteiger partial charge on any atom is 0.159 e. The van der Waals surface area contributed by atoms with E-state index in [2.05, 4.69) is 18.8 Å². The van der Waals surface area contributed by atoms with Crippen LogP contribution < -0.4 is 0 Å². The van der Waals surface area contributed by atoms with E-state index in [0.29, 0.717) is 0 Å². The topological polar surface area (TPSA) is 20.2 Å². The molecular weight excluding hydrogens is 124 g/mol. The molecule has 0 spiro atoms. The van der Waals surface area contributed by atoms with E-state index in [4.69, 9.17) is 5.11 Å². The highest BCUT2D eigenvalue weighted by Crippen LogP contribution is 1.98. The SMILES string of the molecule is C=CC([SiH3])C(O)=S. The van der Waals surface area contributed by atoms with Crippen LogP contribution in [-0.2, 0) is 0 Å². The lowest BCUT2D eigenvalue weighted by molar-refractivity contribution is 0.557. The van der Waals surface area contributed by atoms with E-state index in [-0.39, 0.29) is 10.6 Å². The lowest BCUT2D eigenvalue weighted by atomic mass is 10.4. The van der Waals surface area contributed by atoms with Gasteiger partial charge in [-0.05, 0) is 12.2 Å². The van der Waals surface area contributed by atoms with Gasteiger partial charge in [-0.25, -0.2) is 0 Å². The Morgan fingerprint density at radius 3 is 2.43 bits per heavy atom.